The highest BCUT2D eigenvalue weighted by Gasteiger charge is 2.10. The molecule has 0 atom stereocenters. The first kappa shape index (κ1) is 20.0. The fraction of sp³-hybridized carbons (Fsp3) is 0.286. The highest BCUT2D eigenvalue weighted by atomic mass is 35.5. The number of aromatic nitrogens is 2. The molecule has 0 bridgehead atoms. The third-order valence-electron chi connectivity index (χ3n) is 4.05. The molecule has 0 spiro atoms. The third-order valence-corrected chi connectivity index (χ3v) is 4.30. The summed E-state index contributed by atoms with van der Waals surface area (Å²) in [6.45, 7) is 3.15. The van der Waals surface area contributed by atoms with Gasteiger partial charge in [0.15, 0.2) is 0 Å². The number of carbonyl (C=O) groups is 1. The van der Waals surface area contributed by atoms with Gasteiger partial charge in [-0.25, -0.2) is 0 Å². The van der Waals surface area contributed by atoms with Crippen LogP contribution in [0.2, 0.25) is 5.02 Å². The van der Waals surface area contributed by atoms with Gasteiger partial charge in [-0.1, -0.05) is 28.9 Å². The Morgan fingerprint density at radius 2 is 2.04 bits per heavy atom. The van der Waals surface area contributed by atoms with E-state index in [1.807, 2.05) is 43.3 Å². The van der Waals surface area contributed by atoms with Crippen LogP contribution in [0.25, 0.3) is 11.4 Å². The van der Waals surface area contributed by atoms with Crippen molar-refractivity contribution in [2.45, 2.75) is 32.8 Å². The van der Waals surface area contributed by atoms with Crippen LogP contribution in [0.1, 0.15) is 31.2 Å². The number of benzene rings is 2. The summed E-state index contributed by atoms with van der Waals surface area (Å²) in [6, 6.07) is 14.9. The number of anilines is 1. The lowest BCUT2D eigenvalue weighted by Gasteiger charge is -2.07. The summed E-state index contributed by atoms with van der Waals surface area (Å²) in [5.74, 6) is 0.977. The lowest BCUT2D eigenvalue weighted by atomic mass is 10.2. The van der Waals surface area contributed by atoms with Crippen LogP contribution in [0, 0.1) is 0 Å². The van der Waals surface area contributed by atoms with Gasteiger partial charge in [-0.2, -0.15) is 4.98 Å². The Balaban J connectivity index is 1.46. The van der Waals surface area contributed by atoms with E-state index in [4.69, 9.17) is 20.9 Å². The van der Waals surface area contributed by atoms with Crippen LogP contribution < -0.4 is 5.32 Å². The Morgan fingerprint density at radius 1 is 1.21 bits per heavy atom. The van der Waals surface area contributed by atoms with Crippen molar-refractivity contribution in [3.05, 3.63) is 65.0 Å². The van der Waals surface area contributed by atoms with Crippen molar-refractivity contribution in [2.75, 3.05) is 11.9 Å². The van der Waals surface area contributed by atoms with Gasteiger partial charge in [-0.3, -0.25) is 4.79 Å². The molecular weight excluding hydrogens is 378 g/mol. The van der Waals surface area contributed by atoms with E-state index >= 15 is 0 Å². The number of nitrogens with one attached hydrogen (secondary N) is 1. The monoisotopic (exact) mass is 399 g/mol. The van der Waals surface area contributed by atoms with Crippen molar-refractivity contribution in [1.82, 2.24) is 10.1 Å². The van der Waals surface area contributed by atoms with E-state index in [1.54, 1.807) is 12.1 Å². The second-order valence-electron chi connectivity index (χ2n) is 6.26. The molecule has 0 aliphatic carbocycles. The molecule has 0 radical (unpaired) electrons. The average molecular weight is 400 g/mol. The van der Waals surface area contributed by atoms with Gasteiger partial charge in [0.25, 0.3) is 0 Å². The predicted octanol–water partition coefficient (Wildman–Crippen LogP) is 4.89. The molecule has 0 saturated carbocycles. The maximum absolute atomic E-state index is 12.2. The molecule has 1 heterocycles. The van der Waals surface area contributed by atoms with Gasteiger partial charge in [-0.05, 0) is 55.3 Å². The summed E-state index contributed by atoms with van der Waals surface area (Å²) < 4.78 is 10.7. The van der Waals surface area contributed by atoms with E-state index in [0.29, 0.717) is 49.2 Å². The first-order valence-corrected chi connectivity index (χ1v) is 9.57. The minimum atomic E-state index is -0.0500. The molecule has 2 aromatic carbocycles. The maximum atomic E-state index is 12.2. The molecule has 0 fully saturated rings. The van der Waals surface area contributed by atoms with Crippen LogP contribution in [0.3, 0.4) is 0 Å². The zero-order valence-corrected chi connectivity index (χ0v) is 16.4. The summed E-state index contributed by atoms with van der Waals surface area (Å²) in [4.78, 5) is 16.5. The number of ether oxygens (including phenoxy) is 1. The minimum absolute atomic E-state index is 0.0500. The van der Waals surface area contributed by atoms with E-state index in [-0.39, 0.29) is 5.91 Å². The van der Waals surface area contributed by atoms with Crippen molar-refractivity contribution in [2.24, 2.45) is 0 Å². The van der Waals surface area contributed by atoms with E-state index in [2.05, 4.69) is 15.5 Å². The Hall–Kier alpha value is -2.70. The van der Waals surface area contributed by atoms with Crippen molar-refractivity contribution >= 4 is 23.2 Å². The first-order chi connectivity index (χ1) is 13.6. The normalized spacial score (nSPS) is 10.8. The second-order valence-corrected chi connectivity index (χ2v) is 6.69. The fourth-order valence-electron chi connectivity index (χ4n) is 2.66. The molecule has 0 saturated heterocycles. The molecule has 28 heavy (non-hydrogen) atoms. The number of halogens is 1. The predicted molar refractivity (Wildman–Crippen MR) is 108 cm³/mol. The van der Waals surface area contributed by atoms with Gasteiger partial charge >= 0.3 is 0 Å². The number of hydrogen-bond donors (Lipinski definition) is 1. The Kier molecular flexibility index (Phi) is 7.17. The summed E-state index contributed by atoms with van der Waals surface area (Å²) >= 11 is 5.88. The Morgan fingerprint density at radius 3 is 2.82 bits per heavy atom. The molecule has 1 aromatic heterocycles. The minimum Gasteiger partial charge on any atom is -0.377 e. The Labute approximate surface area is 168 Å². The highest BCUT2D eigenvalue weighted by Crippen LogP contribution is 2.19. The van der Waals surface area contributed by atoms with Crippen molar-refractivity contribution in [1.29, 1.82) is 0 Å². The zero-order valence-electron chi connectivity index (χ0n) is 15.7. The number of aryl methyl sites for hydroxylation is 1. The Bertz CT molecular complexity index is 909. The molecule has 6 nitrogen and oxygen atoms in total. The van der Waals surface area contributed by atoms with Crippen LogP contribution in [-0.4, -0.2) is 22.7 Å². The van der Waals surface area contributed by atoms with Gasteiger partial charge in [0.2, 0.25) is 17.6 Å². The van der Waals surface area contributed by atoms with E-state index in [1.165, 1.54) is 0 Å². The van der Waals surface area contributed by atoms with E-state index in [9.17, 15) is 4.79 Å². The maximum Gasteiger partial charge on any atom is 0.226 e. The number of nitrogens with zero attached hydrogens (tertiary/aromatic N) is 2. The van der Waals surface area contributed by atoms with Gasteiger partial charge < -0.3 is 14.6 Å². The van der Waals surface area contributed by atoms with Crippen molar-refractivity contribution in [3.8, 4) is 11.4 Å². The van der Waals surface area contributed by atoms with Crippen LogP contribution in [0.15, 0.2) is 53.1 Å². The average Bonchev–Trinajstić information content (AvgIpc) is 3.16. The highest BCUT2D eigenvalue weighted by molar-refractivity contribution is 6.30. The number of hydrogen-bond acceptors (Lipinski definition) is 5. The molecule has 1 N–H and O–H groups in total. The summed E-state index contributed by atoms with van der Waals surface area (Å²) in [5, 5.41) is 7.54. The number of carbonyl (C=O) groups excluding carboxylic acids is 1. The lowest BCUT2D eigenvalue weighted by molar-refractivity contribution is -0.116. The fourth-order valence-corrected chi connectivity index (χ4v) is 2.78. The van der Waals surface area contributed by atoms with Gasteiger partial charge in [0.1, 0.15) is 0 Å². The molecular formula is C21H22ClN3O3. The van der Waals surface area contributed by atoms with Crippen molar-refractivity contribution < 1.29 is 14.1 Å². The summed E-state index contributed by atoms with van der Waals surface area (Å²) in [5.41, 5.74) is 2.63. The molecule has 0 aliphatic rings. The standard InChI is InChI=1S/C21H22ClN3O3/c1-2-27-14-15-5-3-6-18(13-15)23-19(26)7-4-8-20-24-21(25-28-20)16-9-11-17(22)12-10-16/h3,5-6,9-13H,2,4,7-8,14H2,1H3,(H,23,26). The molecule has 3 aromatic rings. The van der Waals surface area contributed by atoms with Crippen LogP contribution >= 0.6 is 11.6 Å². The molecule has 146 valence electrons. The largest absolute Gasteiger partial charge is 0.377 e. The smallest absolute Gasteiger partial charge is 0.226 e. The lowest BCUT2D eigenvalue weighted by Crippen LogP contribution is -2.11. The SMILES string of the molecule is CCOCc1cccc(NC(=O)CCCc2nc(-c3ccc(Cl)cc3)no2)c1. The number of rotatable bonds is 9. The van der Waals surface area contributed by atoms with Crippen LogP contribution in [-0.2, 0) is 22.6 Å². The molecule has 0 aliphatic heterocycles. The molecule has 0 unspecified atom stereocenters. The van der Waals surface area contributed by atoms with Gasteiger partial charge in [0, 0.05) is 35.7 Å². The van der Waals surface area contributed by atoms with Crippen molar-refractivity contribution in [3.63, 3.8) is 0 Å². The molecule has 1 amide bonds. The quantitative estimate of drug-likeness (QED) is 0.554. The topological polar surface area (TPSA) is 77.2 Å². The summed E-state index contributed by atoms with van der Waals surface area (Å²) in [7, 11) is 0. The molecule has 3 rings (SSSR count). The first-order valence-electron chi connectivity index (χ1n) is 9.19. The second kappa shape index (κ2) is 10.0. The third kappa shape index (κ3) is 5.90. The van der Waals surface area contributed by atoms with E-state index in [0.717, 1.165) is 16.8 Å². The van der Waals surface area contributed by atoms with Crippen LogP contribution in [0.5, 0.6) is 0 Å². The number of amides is 1. The van der Waals surface area contributed by atoms with Gasteiger partial charge in [0.05, 0.1) is 6.61 Å². The van der Waals surface area contributed by atoms with Gasteiger partial charge in [-0.15, -0.1) is 0 Å². The zero-order chi connectivity index (χ0) is 19.8. The molecule has 7 heteroatoms. The van der Waals surface area contributed by atoms with E-state index < -0.39 is 0 Å². The van der Waals surface area contributed by atoms with Crippen LogP contribution in [0.4, 0.5) is 5.69 Å². The summed E-state index contributed by atoms with van der Waals surface area (Å²) in [6.07, 6.45) is 1.53.